The molecule has 2 aromatic rings. The molecular formula is C18H21N5O3. The summed E-state index contributed by atoms with van der Waals surface area (Å²) in [7, 11) is 0. The molecule has 1 aliphatic rings. The summed E-state index contributed by atoms with van der Waals surface area (Å²) < 4.78 is 5.33. The first-order valence-corrected chi connectivity index (χ1v) is 8.34. The molecule has 3 amide bonds. The van der Waals surface area contributed by atoms with Gasteiger partial charge in [-0.05, 0) is 23.8 Å². The maximum absolute atomic E-state index is 13.0. The van der Waals surface area contributed by atoms with Gasteiger partial charge in [0, 0.05) is 25.0 Å². The molecule has 0 unspecified atom stereocenters. The van der Waals surface area contributed by atoms with Crippen LogP contribution in [0.15, 0.2) is 48.7 Å². The van der Waals surface area contributed by atoms with Crippen molar-refractivity contribution in [3.63, 3.8) is 0 Å². The van der Waals surface area contributed by atoms with Crippen molar-refractivity contribution in [2.24, 2.45) is 5.84 Å². The zero-order valence-electron chi connectivity index (χ0n) is 14.3. The molecule has 1 aromatic heterocycles. The Labute approximate surface area is 151 Å². The van der Waals surface area contributed by atoms with Gasteiger partial charge in [0.25, 0.3) is 5.91 Å². The Balaban J connectivity index is 1.81. The maximum Gasteiger partial charge on any atom is 0.324 e. The van der Waals surface area contributed by atoms with E-state index in [1.807, 2.05) is 35.8 Å². The fourth-order valence-electron chi connectivity index (χ4n) is 2.71. The maximum atomic E-state index is 13.0. The third-order valence-corrected chi connectivity index (χ3v) is 4.11. The second-order valence-electron chi connectivity index (χ2n) is 5.83. The molecule has 0 saturated carbocycles. The fraction of sp³-hybridized carbons (Fsp3) is 0.278. The van der Waals surface area contributed by atoms with E-state index in [1.54, 1.807) is 28.1 Å². The highest BCUT2D eigenvalue weighted by atomic mass is 16.5. The highest BCUT2D eigenvalue weighted by Gasteiger charge is 2.24. The van der Waals surface area contributed by atoms with Gasteiger partial charge in [-0.2, -0.15) is 0 Å². The monoisotopic (exact) mass is 355 g/mol. The number of benzene rings is 1. The number of rotatable bonds is 4. The van der Waals surface area contributed by atoms with Crippen molar-refractivity contribution in [2.75, 3.05) is 31.2 Å². The van der Waals surface area contributed by atoms with Gasteiger partial charge in [-0.3, -0.25) is 20.1 Å². The van der Waals surface area contributed by atoms with Crippen LogP contribution in [-0.4, -0.2) is 48.1 Å². The van der Waals surface area contributed by atoms with E-state index >= 15 is 0 Å². The Hall–Kier alpha value is -2.97. The number of hydrogen-bond donors (Lipinski definition) is 2. The molecule has 0 radical (unpaired) electrons. The molecule has 136 valence electrons. The van der Waals surface area contributed by atoms with Crippen LogP contribution in [0.5, 0.6) is 0 Å². The van der Waals surface area contributed by atoms with Crippen molar-refractivity contribution >= 4 is 17.6 Å². The summed E-state index contributed by atoms with van der Waals surface area (Å²) in [5.74, 6) is 4.66. The lowest BCUT2D eigenvalue weighted by molar-refractivity contribution is 0.0548. The van der Waals surface area contributed by atoms with Crippen molar-refractivity contribution in [3.8, 4) is 0 Å². The summed E-state index contributed by atoms with van der Waals surface area (Å²) >= 11 is 0. The van der Waals surface area contributed by atoms with Gasteiger partial charge in [-0.15, -0.1) is 0 Å². The average molecular weight is 355 g/mol. The van der Waals surface area contributed by atoms with Crippen LogP contribution in [0.4, 0.5) is 10.5 Å². The number of carbonyl (C=O) groups is 2. The summed E-state index contributed by atoms with van der Waals surface area (Å²) in [6.45, 7) is 2.56. The first kappa shape index (κ1) is 17.8. The number of amides is 3. The largest absolute Gasteiger partial charge is 0.378 e. The Morgan fingerprint density at radius 1 is 1.15 bits per heavy atom. The van der Waals surface area contributed by atoms with Crippen LogP contribution in [0.1, 0.15) is 16.1 Å². The number of carbonyl (C=O) groups excluding carboxylic acids is 2. The van der Waals surface area contributed by atoms with Crippen LogP contribution in [0.3, 0.4) is 0 Å². The molecule has 0 spiro atoms. The standard InChI is InChI=1S/C18H21N5O3/c19-21-17(24)16-7-6-14(12-20-16)13-23(15-4-2-1-3-5-15)18(25)22-8-10-26-11-9-22/h1-7,12H,8-11,13,19H2,(H,21,24). The van der Waals surface area contributed by atoms with E-state index in [0.717, 1.165) is 11.3 Å². The van der Waals surface area contributed by atoms with Crippen molar-refractivity contribution < 1.29 is 14.3 Å². The summed E-state index contributed by atoms with van der Waals surface area (Å²) in [4.78, 5) is 32.1. The molecule has 1 saturated heterocycles. The molecule has 8 heteroatoms. The predicted molar refractivity (Wildman–Crippen MR) is 96.3 cm³/mol. The lowest BCUT2D eigenvalue weighted by Crippen LogP contribution is -2.48. The number of pyridine rings is 1. The van der Waals surface area contributed by atoms with E-state index in [9.17, 15) is 9.59 Å². The highest BCUT2D eigenvalue weighted by Crippen LogP contribution is 2.19. The molecule has 1 aromatic carbocycles. The number of nitrogens with two attached hydrogens (primary N) is 1. The number of urea groups is 1. The van der Waals surface area contributed by atoms with E-state index in [1.165, 1.54) is 0 Å². The molecular weight excluding hydrogens is 334 g/mol. The number of ether oxygens (including phenoxy) is 1. The molecule has 0 atom stereocenters. The van der Waals surface area contributed by atoms with Crippen LogP contribution in [0.2, 0.25) is 0 Å². The summed E-state index contributed by atoms with van der Waals surface area (Å²) in [6, 6.07) is 12.7. The van der Waals surface area contributed by atoms with E-state index in [-0.39, 0.29) is 11.7 Å². The lowest BCUT2D eigenvalue weighted by Gasteiger charge is -2.33. The molecule has 0 aliphatic carbocycles. The first-order valence-electron chi connectivity index (χ1n) is 8.34. The zero-order chi connectivity index (χ0) is 18.4. The lowest BCUT2D eigenvalue weighted by atomic mass is 10.2. The molecule has 8 nitrogen and oxygen atoms in total. The smallest absolute Gasteiger partial charge is 0.324 e. The van der Waals surface area contributed by atoms with Crippen LogP contribution >= 0.6 is 0 Å². The van der Waals surface area contributed by atoms with Gasteiger partial charge in [0.1, 0.15) is 5.69 Å². The molecule has 1 aliphatic heterocycles. The number of hydrogen-bond acceptors (Lipinski definition) is 5. The minimum absolute atomic E-state index is 0.0803. The molecule has 3 N–H and O–H groups in total. The number of nitrogens with one attached hydrogen (secondary N) is 1. The fourth-order valence-corrected chi connectivity index (χ4v) is 2.71. The van der Waals surface area contributed by atoms with Gasteiger partial charge in [-0.25, -0.2) is 10.6 Å². The highest BCUT2D eigenvalue weighted by molar-refractivity contribution is 5.92. The molecule has 0 bridgehead atoms. The first-order chi connectivity index (χ1) is 12.7. The summed E-state index contributed by atoms with van der Waals surface area (Å²) in [5.41, 5.74) is 3.88. The van der Waals surface area contributed by atoms with E-state index in [0.29, 0.717) is 32.8 Å². The number of nitrogens with zero attached hydrogens (tertiary/aromatic N) is 3. The van der Waals surface area contributed by atoms with Gasteiger partial charge in [0.05, 0.1) is 19.8 Å². The number of morpholine rings is 1. The average Bonchev–Trinajstić information content (AvgIpc) is 2.72. The SMILES string of the molecule is NNC(=O)c1ccc(CN(C(=O)N2CCOCC2)c2ccccc2)cn1. The van der Waals surface area contributed by atoms with Crippen LogP contribution in [-0.2, 0) is 11.3 Å². The van der Waals surface area contributed by atoms with E-state index in [4.69, 9.17) is 10.6 Å². The second-order valence-corrected chi connectivity index (χ2v) is 5.83. The molecule has 2 heterocycles. The van der Waals surface area contributed by atoms with Gasteiger partial charge in [-0.1, -0.05) is 24.3 Å². The Kier molecular flexibility index (Phi) is 5.77. The molecule has 3 rings (SSSR count). The van der Waals surface area contributed by atoms with E-state index in [2.05, 4.69) is 4.98 Å². The Morgan fingerprint density at radius 2 is 1.88 bits per heavy atom. The quantitative estimate of drug-likeness (QED) is 0.487. The second kappa shape index (κ2) is 8.41. The topological polar surface area (TPSA) is 101 Å². The van der Waals surface area contributed by atoms with Gasteiger partial charge < -0.3 is 9.64 Å². The Bertz CT molecular complexity index is 745. The number of anilines is 1. The zero-order valence-corrected chi connectivity index (χ0v) is 14.3. The van der Waals surface area contributed by atoms with Crippen LogP contribution in [0, 0.1) is 0 Å². The van der Waals surface area contributed by atoms with E-state index < -0.39 is 5.91 Å². The van der Waals surface area contributed by atoms with Crippen molar-refractivity contribution in [3.05, 3.63) is 59.9 Å². The van der Waals surface area contributed by atoms with Gasteiger partial charge in [0.15, 0.2) is 0 Å². The summed E-state index contributed by atoms with van der Waals surface area (Å²) in [6.07, 6.45) is 1.58. The van der Waals surface area contributed by atoms with Crippen LogP contribution in [0.25, 0.3) is 0 Å². The van der Waals surface area contributed by atoms with Gasteiger partial charge in [0.2, 0.25) is 0 Å². The number of aromatic nitrogens is 1. The van der Waals surface area contributed by atoms with Crippen LogP contribution < -0.4 is 16.2 Å². The predicted octanol–water partition coefficient (Wildman–Crippen LogP) is 1.14. The van der Waals surface area contributed by atoms with Crippen molar-refractivity contribution in [1.82, 2.24) is 15.3 Å². The Morgan fingerprint density at radius 3 is 2.50 bits per heavy atom. The van der Waals surface area contributed by atoms with Crippen molar-refractivity contribution in [1.29, 1.82) is 0 Å². The number of nitrogen functional groups attached to an aromatic ring is 1. The normalized spacial score (nSPS) is 14.0. The summed E-state index contributed by atoms with van der Waals surface area (Å²) in [5, 5.41) is 0. The third kappa shape index (κ3) is 4.16. The minimum atomic E-state index is -0.458. The number of para-hydroxylation sites is 1. The van der Waals surface area contributed by atoms with Crippen molar-refractivity contribution in [2.45, 2.75) is 6.54 Å². The third-order valence-electron chi connectivity index (χ3n) is 4.11. The number of hydrazine groups is 1. The molecule has 26 heavy (non-hydrogen) atoms. The van der Waals surface area contributed by atoms with Gasteiger partial charge >= 0.3 is 6.03 Å². The minimum Gasteiger partial charge on any atom is -0.378 e. The molecule has 1 fully saturated rings.